The van der Waals surface area contributed by atoms with Crippen LogP contribution in [0.5, 0.6) is 0 Å². The van der Waals surface area contributed by atoms with Gasteiger partial charge in [0.2, 0.25) is 5.91 Å². The monoisotopic (exact) mass is 253 g/mol. The predicted octanol–water partition coefficient (Wildman–Crippen LogP) is 0.929. The molecule has 0 aromatic rings. The SMILES string of the molecule is CN(C)C(=O)CN1CCC(NCC2(C)CC2)CC1. The van der Waals surface area contributed by atoms with Gasteiger partial charge in [0.25, 0.3) is 0 Å². The summed E-state index contributed by atoms with van der Waals surface area (Å²) in [6, 6.07) is 0.660. The molecule has 2 rings (SSSR count). The van der Waals surface area contributed by atoms with Crippen LogP contribution in [-0.4, -0.2) is 62.0 Å². The molecule has 4 heteroatoms. The maximum absolute atomic E-state index is 11.6. The highest BCUT2D eigenvalue weighted by atomic mass is 16.2. The zero-order chi connectivity index (χ0) is 13.2. The predicted molar refractivity (Wildman–Crippen MR) is 73.5 cm³/mol. The van der Waals surface area contributed by atoms with E-state index in [1.807, 2.05) is 14.1 Å². The molecule has 2 aliphatic rings. The van der Waals surface area contributed by atoms with Gasteiger partial charge in [-0.1, -0.05) is 6.92 Å². The Bertz CT molecular complexity index is 291. The zero-order valence-electron chi connectivity index (χ0n) is 12.0. The van der Waals surface area contributed by atoms with Crippen molar-refractivity contribution in [1.29, 1.82) is 0 Å². The maximum atomic E-state index is 11.6. The van der Waals surface area contributed by atoms with Crippen LogP contribution in [-0.2, 0) is 4.79 Å². The first-order valence-electron chi connectivity index (χ1n) is 7.14. The van der Waals surface area contributed by atoms with Gasteiger partial charge in [0.15, 0.2) is 0 Å². The Labute approximate surface area is 111 Å². The van der Waals surface area contributed by atoms with Crippen molar-refractivity contribution in [3.8, 4) is 0 Å². The summed E-state index contributed by atoms with van der Waals surface area (Å²) in [6.45, 7) is 6.22. The van der Waals surface area contributed by atoms with E-state index in [0.29, 0.717) is 18.0 Å². The summed E-state index contributed by atoms with van der Waals surface area (Å²) < 4.78 is 0. The second kappa shape index (κ2) is 5.57. The number of rotatable bonds is 5. The van der Waals surface area contributed by atoms with E-state index in [1.165, 1.54) is 32.2 Å². The summed E-state index contributed by atoms with van der Waals surface area (Å²) >= 11 is 0. The van der Waals surface area contributed by atoms with Crippen molar-refractivity contribution < 1.29 is 4.79 Å². The molecule has 1 aliphatic heterocycles. The van der Waals surface area contributed by atoms with E-state index in [9.17, 15) is 4.79 Å². The van der Waals surface area contributed by atoms with Crippen molar-refractivity contribution in [3.63, 3.8) is 0 Å². The van der Waals surface area contributed by atoms with Crippen LogP contribution in [0, 0.1) is 5.41 Å². The minimum absolute atomic E-state index is 0.215. The lowest BCUT2D eigenvalue weighted by Crippen LogP contribution is -2.46. The van der Waals surface area contributed by atoms with E-state index in [0.717, 1.165) is 13.1 Å². The first-order valence-corrected chi connectivity index (χ1v) is 7.14. The van der Waals surface area contributed by atoms with Crippen LogP contribution in [0.4, 0.5) is 0 Å². The fourth-order valence-electron chi connectivity index (χ4n) is 2.41. The number of nitrogens with zero attached hydrogens (tertiary/aromatic N) is 2. The van der Waals surface area contributed by atoms with Crippen molar-refractivity contribution in [2.45, 2.75) is 38.6 Å². The van der Waals surface area contributed by atoms with Gasteiger partial charge in [0, 0.05) is 39.8 Å². The lowest BCUT2D eigenvalue weighted by molar-refractivity contribution is -0.130. The van der Waals surface area contributed by atoms with E-state index >= 15 is 0 Å². The fraction of sp³-hybridized carbons (Fsp3) is 0.929. The number of piperidine rings is 1. The molecule has 1 saturated carbocycles. The van der Waals surface area contributed by atoms with E-state index in [-0.39, 0.29) is 5.91 Å². The smallest absolute Gasteiger partial charge is 0.236 e. The van der Waals surface area contributed by atoms with Gasteiger partial charge in [-0.15, -0.1) is 0 Å². The maximum Gasteiger partial charge on any atom is 0.236 e. The minimum Gasteiger partial charge on any atom is -0.348 e. The second-order valence-corrected chi connectivity index (χ2v) is 6.53. The van der Waals surface area contributed by atoms with Gasteiger partial charge in [-0.25, -0.2) is 0 Å². The van der Waals surface area contributed by atoms with Crippen LogP contribution < -0.4 is 5.32 Å². The van der Waals surface area contributed by atoms with Gasteiger partial charge in [0.1, 0.15) is 0 Å². The molecular weight excluding hydrogens is 226 g/mol. The Kier molecular flexibility index (Phi) is 4.28. The fourth-order valence-corrected chi connectivity index (χ4v) is 2.41. The van der Waals surface area contributed by atoms with Gasteiger partial charge < -0.3 is 10.2 Å². The molecule has 1 aliphatic carbocycles. The molecule has 2 fully saturated rings. The minimum atomic E-state index is 0.215. The van der Waals surface area contributed by atoms with Crippen LogP contribution in [0.2, 0.25) is 0 Å². The standard InChI is InChI=1S/C14H27N3O/c1-14(6-7-14)11-15-12-4-8-17(9-5-12)10-13(18)16(2)3/h12,15H,4-11H2,1-3H3. The molecule has 18 heavy (non-hydrogen) atoms. The number of carbonyl (C=O) groups excluding carboxylic acids is 1. The highest BCUT2D eigenvalue weighted by Crippen LogP contribution is 2.44. The van der Waals surface area contributed by atoms with Gasteiger partial charge in [-0.05, 0) is 31.1 Å². The lowest BCUT2D eigenvalue weighted by Gasteiger charge is -2.33. The molecule has 0 bridgehead atoms. The van der Waals surface area contributed by atoms with Crippen molar-refractivity contribution in [1.82, 2.24) is 15.1 Å². The van der Waals surface area contributed by atoms with Crippen LogP contribution in [0.3, 0.4) is 0 Å². The first-order chi connectivity index (χ1) is 8.48. The molecule has 0 aromatic carbocycles. The molecule has 0 aromatic heterocycles. The third-order valence-electron chi connectivity index (χ3n) is 4.37. The molecule has 1 N–H and O–H groups in total. The zero-order valence-corrected chi connectivity index (χ0v) is 12.0. The molecule has 0 radical (unpaired) electrons. The number of hydrogen-bond donors (Lipinski definition) is 1. The van der Waals surface area contributed by atoms with Gasteiger partial charge in [-0.2, -0.15) is 0 Å². The van der Waals surface area contributed by atoms with Crippen molar-refractivity contribution in [2.24, 2.45) is 5.41 Å². The highest BCUT2D eigenvalue weighted by molar-refractivity contribution is 5.77. The molecular formula is C14H27N3O. The second-order valence-electron chi connectivity index (χ2n) is 6.53. The molecule has 1 saturated heterocycles. The average Bonchev–Trinajstić information content (AvgIpc) is 3.07. The van der Waals surface area contributed by atoms with Crippen molar-refractivity contribution in [3.05, 3.63) is 0 Å². The number of likely N-dealkylation sites (tertiary alicyclic amines) is 1. The van der Waals surface area contributed by atoms with E-state index < -0.39 is 0 Å². The molecule has 0 atom stereocenters. The van der Waals surface area contributed by atoms with E-state index in [2.05, 4.69) is 17.1 Å². The Morgan fingerprint density at radius 2 is 1.94 bits per heavy atom. The normalized spacial score (nSPS) is 23.9. The largest absolute Gasteiger partial charge is 0.348 e. The lowest BCUT2D eigenvalue weighted by atomic mass is 10.0. The Hall–Kier alpha value is -0.610. The topological polar surface area (TPSA) is 35.6 Å². The molecule has 1 amide bonds. The Morgan fingerprint density at radius 3 is 2.44 bits per heavy atom. The number of hydrogen-bond acceptors (Lipinski definition) is 3. The summed E-state index contributed by atoms with van der Waals surface area (Å²) in [4.78, 5) is 15.6. The summed E-state index contributed by atoms with van der Waals surface area (Å²) in [6.07, 6.45) is 5.12. The van der Waals surface area contributed by atoms with Gasteiger partial charge in [0.05, 0.1) is 6.54 Å². The number of amides is 1. The average molecular weight is 253 g/mol. The van der Waals surface area contributed by atoms with Crippen LogP contribution >= 0.6 is 0 Å². The Morgan fingerprint density at radius 1 is 1.33 bits per heavy atom. The summed E-state index contributed by atoms with van der Waals surface area (Å²) in [7, 11) is 3.65. The number of likely N-dealkylation sites (N-methyl/N-ethyl adjacent to an activating group) is 1. The summed E-state index contributed by atoms with van der Waals surface area (Å²) in [5.41, 5.74) is 0.595. The number of nitrogens with one attached hydrogen (secondary N) is 1. The van der Waals surface area contributed by atoms with Crippen LogP contribution in [0.25, 0.3) is 0 Å². The highest BCUT2D eigenvalue weighted by Gasteiger charge is 2.37. The quantitative estimate of drug-likeness (QED) is 0.792. The van der Waals surface area contributed by atoms with Crippen LogP contribution in [0.15, 0.2) is 0 Å². The van der Waals surface area contributed by atoms with Crippen molar-refractivity contribution in [2.75, 3.05) is 40.3 Å². The summed E-state index contributed by atoms with van der Waals surface area (Å²) in [5, 5.41) is 3.70. The van der Waals surface area contributed by atoms with Crippen LogP contribution in [0.1, 0.15) is 32.6 Å². The van der Waals surface area contributed by atoms with Gasteiger partial charge >= 0.3 is 0 Å². The molecule has 104 valence electrons. The number of carbonyl (C=O) groups is 1. The Balaban J connectivity index is 1.63. The third kappa shape index (κ3) is 3.95. The molecule has 0 spiro atoms. The molecule has 4 nitrogen and oxygen atoms in total. The van der Waals surface area contributed by atoms with E-state index in [4.69, 9.17) is 0 Å². The third-order valence-corrected chi connectivity index (χ3v) is 4.37. The molecule has 0 unspecified atom stereocenters. The van der Waals surface area contributed by atoms with Gasteiger partial charge in [-0.3, -0.25) is 9.69 Å². The first kappa shape index (κ1) is 13.8. The summed E-state index contributed by atoms with van der Waals surface area (Å²) in [5.74, 6) is 0.215. The van der Waals surface area contributed by atoms with E-state index in [1.54, 1.807) is 4.90 Å². The molecule has 1 heterocycles. The van der Waals surface area contributed by atoms with Crippen molar-refractivity contribution >= 4 is 5.91 Å².